The lowest BCUT2D eigenvalue weighted by Gasteiger charge is -2.14. The van der Waals surface area contributed by atoms with E-state index in [0.717, 1.165) is 0 Å². The summed E-state index contributed by atoms with van der Waals surface area (Å²) in [7, 11) is 3.17. The number of nitrogens with one attached hydrogen (secondary N) is 2. The van der Waals surface area contributed by atoms with Crippen LogP contribution in [-0.2, 0) is 11.3 Å². The fourth-order valence-electron chi connectivity index (χ4n) is 1.51. The average molecular weight is 320 g/mol. The molecule has 0 atom stereocenters. The number of hydrogen-bond acceptors (Lipinski definition) is 4. The lowest BCUT2D eigenvalue weighted by Crippen LogP contribution is -2.38. The SMILES string of the molecule is CN=C(NCCOC)NCc1cccnc1OCC(F)(F)F. The molecule has 1 heterocycles. The van der Waals surface area contributed by atoms with E-state index in [0.29, 0.717) is 24.7 Å². The summed E-state index contributed by atoms with van der Waals surface area (Å²) < 4.78 is 46.2. The van der Waals surface area contributed by atoms with Crippen LogP contribution in [0.5, 0.6) is 5.88 Å². The molecule has 0 aliphatic rings. The van der Waals surface area contributed by atoms with E-state index in [4.69, 9.17) is 9.47 Å². The molecule has 0 radical (unpaired) electrons. The van der Waals surface area contributed by atoms with Crippen molar-refractivity contribution >= 4 is 5.96 Å². The molecule has 9 heteroatoms. The molecular formula is C13H19F3N4O2. The molecular weight excluding hydrogens is 301 g/mol. The Kier molecular flexibility index (Phi) is 7.44. The van der Waals surface area contributed by atoms with E-state index in [9.17, 15) is 13.2 Å². The van der Waals surface area contributed by atoms with Crippen molar-refractivity contribution < 1.29 is 22.6 Å². The zero-order valence-electron chi connectivity index (χ0n) is 12.4. The highest BCUT2D eigenvalue weighted by Crippen LogP contribution is 2.19. The zero-order valence-corrected chi connectivity index (χ0v) is 12.4. The first kappa shape index (κ1) is 18.0. The first-order valence-corrected chi connectivity index (χ1v) is 6.53. The Morgan fingerprint density at radius 1 is 1.36 bits per heavy atom. The van der Waals surface area contributed by atoms with E-state index < -0.39 is 12.8 Å². The molecule has 0 aliphatic carbocycles. The zero-order chi connectivity index (χ0) is 16.4. The van der Waals surface area contributed by atoms with E-state index in [1.165, 1.54) is 6.20 Å². The maximum atomic E-state index is 12.2. The number of alkyl halides is 3. The Morgan fingerprint density at radius 2 is 2.14 bits per heavy atom. The highest BCUT2D eigenvalue weighted by molar-refractivity contribution is 5.79. The number of methoxy groups -OCH3 is 1. The number of ether oxygens (including phenoxy) is 2. The molecule has 0 spiro atoms. The predicted molar refractivity (Wildman–Crippen MR) is 75.9 cm³/mol. The summed E-state index contributed by atoms with van der Waals surface area (Å²) in [6.07, 6.45) is -3.03. The number of aliphatic imine (C=N–C) groups is 1. The van der Waals surface area contributed by atoms with E-state index >= 15 is 0 Å². The van der Waals surface area contributed by atoms with Crippen LogP contribution in [0.25, 0.3) is 0 Å². The largest absolute Gasteiger partial charge is 0.468 e. The number of hydrogen-bond donors (Lipinski definition) is 2. The Bertz CT molecular complexity index is 481. The van der Waals surface area contributed by atoms with Gasteiger partial charge in [0, 0.05) is 39.0 Å². The van der Waals surface area contributed by atoms with Crippen molar-refractivity contribution in [2.75, 3.05) is 33.9 Å². The highest BCUT2D eigenvalue weighted by Gasteiger charge is 2.29. The van der Waals surface area contributed by atoms with Crippen LogP contribution >= 0.6 is 0 Å². The molecule has 0 amide bonds. The van der Waals surface area contributed by atoms with Gasteiger partial charge >= 0.3 is 6.18 Å². The van der Waals surface area contributed by atoms with E-state index in [-0.39, 0.29) is 12.4 Å². The van der Waals surface area contributed by atoms with E-state index in [2.05, 4.69) is 20.6 Å². The minimum atomic E-state index is -4.40. The van der Waals surface area contributed by atoms with Gasteiger partial charge in [-0.15, -0.1) is 0 Å². The fraction of sp³-hybridized carbons (Fsp3) is 0.538. The highest BCUT2D eigenvalue weighted by atomic mass is 19.4. The minimum Gasteiger partial charge on any atom is -0.468 e. The second-order valence-electron chi connectivity index (χ2n) is 4.22. The van der Waals surface area contributed by atoms with Crippen LogP contribution in [0.1, 0.15) is 5.56 Å². The Balaban J connectivity index is 2.57. The van der Waals surface area contributed by atoms with Crippen molar-refractivity contribution in [3.63, 3.8) is 0 Å². The standard InChI is InChI=1S/C13H19F3N4O2/c1-17-12(19-6-7-21-2)20-8-10-4-3-5-18-11(10)22-9-13(14,15)16/h3-5H,6-9H2,1-2H3,(H2,17,19,20). The van der Waals surface area contributed by atoms with Crippen molar-refractivity contribution in [3.05, 3.63) is 23.9 Å². The Labute approximate surface area is 126 Å². The first-order valence-electron chi connectivity index (χ1n) is 6.53. The lowest BCUT2D eigenvalue weighted by molar-refractivity contribution is -0.154. The number of aromatic nitrogens is 1. The number of guanidine groups is 1. The molecule has 0 fully saturated rings. The number of nitrogens with zero attached hydrogens (tertiary/aromatic N) is 2. The van der Waals surface area contributed by atoms with Gasteiger partial charge in [0.2, 0.25) is 5.88 Å². The van der Waals surface area contributed by atoms with Crippen molar-refractivity contribution in [1.82, 2.24) is 15.6 Å². The monoisotopic (exact) mass is 320 g/mol. The first-order chi connectivity index (χ1) is 10.5. The number of pyridine rings is 1. The summed E-state index contributed by atoms with van der Waals surface area (Å²) in [5, 5.41) is 5.95. The summed E-state index contributed by atoms with van der Waals surface area (Å²) in [6.45, 7) is -0.0836. The topological polar surface area (TPSA) is 67.8 Å². The molecule has 6 nitrogen and oxygen atoms in total. The third kappa shape index (κ3) is 7.11. The summed E-state index contributed by atoms with van der Waals surface area (Å²) in [6, 6.07) is 3.26. The molecule has 124 valence electrons. The summed E-state index contributed by atoms with van der Waals surface area (Å²) in [4.78, 5) is 7.81. The molecule has 0 aliphatic heterocycles. The van der Waals surface area contributed by atoms with Gasteiger partial charge in [0.15, 0.2) is 12.6 Å². The number of rotatable bonds is 7. The van der Waals surface area contributed by atoms with Gasteiger partial charge in [-0.3, -0.25) is 4.99 Å². The molecule has 22 heavy (non-hydrogen) atoms. The maximum Gasteiger partial charge on any atom is 0.422 e. The van der Waals surface area contributed by atoms with Crippen molar-refractivity contribution in [1.29, 1.82) is 0 Å². The van der Waals surface area contributed by atoms with Gasteiger partial charge in [-0.25, -0.2) is 4.98 Å². The van der Waals surface area contributed by atoms with Gasteiger partial charge < -0.3 is 20.1 Å². The van der Waals surface area contributed by atoms with Crippen LogP contribution in [0.3, 0.4) is 0 Å². The molecule has 0 aromatic carbocycles. The van der Waals surface area contributed by atoms with E-state index in [1.54, 1.807) is 26.3 Å². The second-order valence-corrected chi connectivity index (χ2v) is 4.22. The molecule has 2 N–H and O–H groups in total. The van der Waals surface area contributed by atoms with Gasteiger partial charge in [-0.1, -0.05) is 6.07 Å². The molecule has 1 aromatic heterocycles. The van der Waals surface area contributed by atoms with Gasteiger partial charge in [0.25, 0.3) is 0 Å². The third-order valence-corrected chi connectivity index (χ3v) is 2.49. The normalized spacial score (nSPS) is 12.1. The van der Waals surface area contributed by atoms with Crippen molar-refractivity contribution in [2.45, 2.75) is 12.7 Å². The fourth-order valence-corrected chi connectivity index (χ4v) is 1.51. The van der Waals surface area contributed by atoms with Gasteiger partial charge in [0.1, 0.15) is 0 Å². The minimum absolute atomic E-state index is 0.0559. The van der Waals surface area contributed by atoms with Gasteiger partial charge in [-0.2, -0.15) is 13.2 Å². The maximum absolute atomic E-state index is 12.2. The predicted octanol–water partition coefficient (Wildman–Crippen LogP) is 1.33. The van der Waals surface area contributed by atoms with Crippen LogP contribution in [-0.4, -0.2) is 51.0 Å². The summed E-state index contributed by atoms with van der Waals surface area (Å²) >= 11 is 0. The quantitative estimate of drug-likeness (QED) is 0.451. The summed E-state index contributed by atoms with van der Waals surface area (Å²) in [5.41, 5.74) is 0.501. The Morgan fingerprint density at radius 3 is 2.77 bits per heavy atom. The van der Waals surface area contributed by atoms with E-state index in [1.807, 2.05) is 0 Å². The van der Waals surface area contributed by atoms with Crippen LogP contribution in [0.4, 0.5) is 13.2 Å². The molecule has 0 saturated heterocycles. The number of halogens is 3. The molecule has 1 rings (SSSR count). The van der Waals surface area contributed by atoms with Crippen molar-refractivity contribution in [3.8, 4) is 5.88 Å². The molecule has 1 aromatic rings. The summed E-state index contributed by atoms with van der Waals surface area (Å²) in [5.74, 6) is 0.447. The molecule has 0 saturated carbocycles. The van der Waals surface area contributed by atoms with Crippen LogP contribution in [0, 0.1) is 0 Å². The van der Waals surface area contributed by atoms with Crippen LogP contribution in [0.2, 0.25) is 0 Å². The third-order valence-electron chi connectivity index (χ3n) is 2.49. The molecule has 0 unspecified atom stereocenters. The smallest absolute Gasteiger partial charge is 0.422 e. The molecule has 0 bridgehead atoms. The van der Waals surface area contributed by atoms with Gasteiger partial charge in [0.05, 0.1) is 6.61 Å². The van der Waals surface area contributed by atoms with Gasteiger partial charge in [-0.05, 0) is 6.07 Å². The van der Waals surface area contributed by atoms with Crippen LogP contribution in [0.15, 0.2) is 23.3 Å². The second kappa shape index (κ2) is 9.08. The Hall–Kier alpha value is -2.03. The lowest BCUT2D eigenvalue weighted by atomic mass is 10.2. The van der Waals surface area contributed by atoms with Crippen LogP contribution < -0.4 is 15.4 Å². The average Bonchev–Trinajstić information content (AvgIpc) is 2.48. The van der Waals surface area contributed by atoms with Crippen molar-refractivity contribution in [2.24, 2.45) is 4.99 Å².